The normalized spacial score (nSPS) is 15.1. The van der Waals surface area contributed by atoms with E-state index in [2.05, 4.69) is 43.0 Å². The van der Waals surface area contributed by atoms with Gasteiger partial charge in [-0.1, -0.05) is 194 Å². The molecular formula is C38H76N2. The molecule has 1 rings (SSSR count). The van der Waals surface area contributed by atoms with E-state index in [9.17, 15) is 0 Å². The van der Waals surface area contributed by atoms with Crippen molar-refractivity contribution in [3.05, 3.63) is 12.4 Å². The Kier molecular flexibility index (Phi) is 27.9. The Labute approximate surface area is 254 Å². The number of unbranched alkanes of at least 4 members (excludes halogenated alkanes) is 28. The van der Waals surface area contributed by atoms with Crippen molar-refractivity contribution in [3.8, 4) is 0 Å². The van der Waals surface area contributed by atoms with Crippen LogP contribution in [0, 0.1) is 0 Å². The highest BCUT2D eigenvalue weighted by atomic mass is 15.4. The molecule has 1 atom stereocenters. The fraction of sp³-hybridized carbons (Fsp3) is 0.947. The molecule has 2 heteroatoms. The van der Waals surface area contributed by atoms with Crippen molar-refractivity contribution in [2.45, 2.75) is 220 Å². The van der Waals surface area contributed by atoms with E-state index in [1.54, 1.807) is 0 Å². The number of nitrogens with zero attached hydrogens (tertiary/aromatic N) is 2. The Hall–Kier alpha value is -0.660. The van der Waals surface area contributed by atoms with E-state index >= 15 is 0 Å². The summed E-state index contributed by atoms with van der Waals surface area (Å²) in [6.45, 7) is 9.49. The summed E-state index contributed by atoms with van der Waals surface area (Å²) in [7, 11) is 0. The van der Waals surface area contributed by atoms with Gasteiger partial charge in [0.15, 0.2) is 0 Å². The van der Waals surface area contributed by atoms with Gasteiger partial charge >= 0.3 is 0 Å². The van der Waals surface area contributed by atoms with Gasteiger partial charge in [0.25, 0.3) is 0 Å². The lowest BCUT2D eigenvalue weighted by atomic mass is 10.0. The van der Waals surface area contributed by atoms with Crippen molar-refractivity contribution in [2.75, 3.05) is 13.1 Å². The maximum atomic E-state index is 2.58. The highest BCUT2D eigenvalue weighted by Crippen LogP contribution is 2.19. The third-order valence-corrected chi connectivity index (χ3v) is 9.45. The summed E-state index contributed by atoms with van der Waals surface area (Å²) in [6.07, 6.45) is 48.7. The summed E-state index contributed by atoms with van der Waals surface area (Å²) >= 11 is 0. The molecule has 1 aliphatic heterocycles. The highest BCUT2D eigenvalue weighted by molar-refractivity contribution is 4.95. The van der Waals surface area contributed by atoms with Crippen LogP contribution in [0.25, 0.3) is 0 Å². The predicted octanol–water partition coefficient (Wildman–Crippen LogP) is 13.2. The molecule has 0 radical (unpaired) electrons. The van der Waals surface area contributed by atoms with Crippen molar-refractivity contribution in [1.82, 2.24) is 9.80 Å². The molecule has 0 aromatic rings. The van der Waals surface area contributed by atoms with Gasteiger partial charge < -0.3 is 9.80 Å². The molecule has 40 heavy (non-hydrogen) atoms. The fourth-order valence-electron chi connectivity index (χ4n) is 6.47. The zero-order valence-electron chi connectivity index (χ0n) is 28.3. The second kappa shape index (κ2) is 29.8. The summed E-state index contributed by atoms with van der Waals surface area (Å²) in [5.41, 5.74) is 0. The van der Waals surface area contributed by atoms with E-state index in [-0.39, 0.29) is 0 Å². The van der Waals surface area contributed by atoms with Crippen LogP contribution in [0.2, 0.25) is 0 Å². The van der Waals surface area contributed by atoms with E-state index < -0.39 is 0 Å². The highest BCUT2D eigenvalue weighted by Gasteiger charge is 2.20. The molecule has 1 heterocycles. The van der Waals surface area contributed by atoms with Crippen LogP contribution in [0.15, 0.2) is 12.4 Å². The van der Waals surface area contributed by atoms with Crippen LogP contribution in [0.4, 0.5) is 0 Å². The Bertz CT molecular complexity index is 516. The maximum Gasteiger partial charge on any atom is 0.0977 e. The van der Waals surface area contributed by atoms with Crippen molar-refractivity contribution in [1.29, 1.82) is 0 Å². The summed E-state index contributed by atoms with van der Waals surface area (Å²) in [5, 5.41) is 0. The lowest BCUT2D eigenvalue weighted by molar-refractivity contribution is 0.165. The van der Waals surface area contributed by atoms with Crippen LogP contribution in [0.1, 0.15) is 213 Å². The summed E-state index contributed by atoms with van der Waals surface area (Å²) in [5.74, 6) is 0. The molecule has 1 aliphatic rings. The minimum atomic E-state index is 0.568. The summed E-state index contributed by atoms with van der Waals surface area (Å²) in [4.78, 5) is 5.15. The second-order valence-electron chi connectivity index (χ2n) is 13.3. The minimum absolute atomic E-state index is 0.568. The molecule has 0 spiro atoms. The van der Waals surface area contributed by atoms with E-state index in [1.165, 1.54) is 206 Å². The third kappa shape index (κ3) is 23.0. The van der Waals surface area contributed by atoms with Crippen LogP contribution < -0.4 is 0 Å². The van der Waals surface area contributed by atoms with Crippen LogP contribution in [0.3, 0.4) is 0 Å². The van der Waals surface area contributed by atoms with Gasteiger partial charge in [0.05, 0.1) is 6.17 Å². The van der Waals surface area contributed by atoms with Crippen LogP contribution in [-0.4, -0.2) is 29.1 Å². The number of hydrogen-bond acceptors (Lipinski definition) is 2. The van der Waals surface area contributed by atoms with Gasteiger partial charge in [-0.3, -0.25) is 0 Å². The summed E-state index contributed by atoms with van der Waals surface area (Å²) < 4.78 is 0. The second-order valence-corrected chi connectivity index (χ2v) is 13.3. The zero-order chi connectivity index (χ0) is 28.8. The number of hydrogen-bond donors (Lipinski definition) is 0. The molecule has 0 bridgehead atoms. The van der Waals surface area contributed by atoms with Gasteiger partial charge in [-0.25, -0.2) is 0 Å². The largest absolute Gasteiger partial charge is 0.356 e. The van der Waals surface area contributed by atoms with Crippen molar-refractivity contribution >= 4 is 0 Å². The predicted molar refractivity (Wildman–Crippen MR) is 182 cm³/mol. The van der Waals surface area contributed by atoms with Crippen molar-refractivity contribution in [3.63, 3.8) is 0 Å². The SMILES string of the molecule is CCCCCCCCCCCCCCCCCCN1C=CN(CCCCCCCCCCCCCCCC)C1C. The molecule has 0 saturated heterocycles. The average molecular weight is 561 g/mol. The molecule has 0 amide bonds. The molecule has 1 unspecified atom stereocenters. The van der Waals surface area contributed by atoms with Gasteiger partial charge in [-0.05, 0) is 19.8 Å². The first-order valence-corrected chi connectivity index (χ1v) is 19.0. The topological polar surface area (TPSA) is 6.48 Å². The average Bonchev–Trinajstić information content (AvgIpc) is 3.31. The van der Waals surface area contributed by atoms with Crippen LogP contribution >= 0.6 is 0 Å². The standard InChI is InChI=1S/C38H76N2/c1-4-6-8-10-12-14-16-18-20-21-23-25-27-29-31-33-35-40-37-36-39(38(40)3)34-32-30-28-26-24-22-19-17-15-13-11-9-7-5-2/h36-38H,4-35H2,1-3H3. The minimum Gasteiger partial charge on any atom is -0.356 e. The molecule has 0 N–H and O–H groups in total. The lowest BCUT2D eigenvalue weighted by Crippen LogP contribution is -2.36. The Balaban J connectivity index is 1.81. The van der Waals surface area contributed by atoms with E-state index in [0.29, 0.717) is 6.17 Å². The van der Waals surface area contributed by atoms with E-state index in [1.807, 2.05) is 0 Å². The Morgan fingerprint density at radius 3 is 0.750 bits per heavy atom. The molecule has 0 aliphatic carbocycles. The molecule has 238 valence electrons. The third-order valence-electron chi connectivity index (χ3n) is 9.45. The molecule has 2 nitrogen and oxygen atoms in total. The smallest absolute Gasteiger partial charge is 0.0977 e. The first-order valence-electron chi connectivity index (χ1n) is 19.0. The van der Waals surface area contributed by atoms with Gasteiger partial charge in [-0.2, -0.15) is 0 Å². The first kappa shape index (κ1) is 37.4. The van der Waals surface area contributed by atoms with Crippen LogP contribution in [-0.2, 0) is 0 Å². The lowest BCUT2D eigenvalue weighted by Gasteiger charge is -2.30. The van der Waals surface area contributed by atoms with Gasteiger partial charge in [0.2, 0.25) is 0 Å². The zero-order valence-corrected chi connectivity index (χ0v) is 28.3. The number of rotatable bonds is 32. The molecule has 0 aromatic carbocycles. The first-order chi connectivity index (χ1) is 19.8. The molecule has 0 aromatic heterocycles. The summed E-state index contributed by atoms with van der Waals surface area (Å²) in [6, 6.07) is 0. The van der Waals surface area contributed by atoms with Gasteiger partial charge in [0.1, 0.15) is 0 Å². The molecule has 0 saturated carbocycles. The van der Waals surface area contributed by atoms with Gasteiger partial charge in [0, 0.05) is 25.5 Å². The molecular weight excluding hydrogens is 484 g/mol. The van der Waals surface area contributed by atoms with E-state index in [0.717, 1.165) is 0 Å². The maximum absolute atomic E-state index is 2.58. The fourth-order valence-corrected chi connectivity index (χ4v) is 6.47. The quantitative estimate of drug-likeness (QED) is 0.0755. The van der Waals surface area contributed by atoms with Crippen molar-refractivity contribution < 1.29 is 0 Å². The van der Waals surface area contributed by atoms with Crippen LogP contribution in [0.5, 0.6) is 0 Å². The van der Waals surface area contributed by atoms with E-state index in [4.69, 9.17) is 0 Å². The van der Waals surface area contributed by atoms with Crippen molar-refractivity contribution in [2.24, 2.45) is 0 Å². The Morgan fingerprint density at radius 1 is 0.325 bits per heavy atom. The Morgan fingerprint density at radius 2 is 0.525 bits per heavy atom. The molecule has 0 fully saturated rings. The van der Waals surface area contributed by atoms with Gasteiger partial charge in [-0.15, -0.1) is 0 Å². The monoisotopic (exact) mass is 561 g/mol.